The van der Waals surface area contributed by atoms with Crippen molar-refractivity contribution in [2.45, 2.75) is 44.6 Å². The number of aromatic amines is 1. The second kappa shape index (κ2) is 10.3. The fourth-order valence-corrected chi connectivity index (χ4v) is 6.16. The van der Waals surface area contributed by atoms with Crippen LogP contribution in [0.1, 0.15) is 34.7 Å². The molecule has 0 atom stereocenters. The van der Waals surface area contributed by atoms with Gasteiger partial charge in [-0.2, -0.15) is 18.4 Å². The van der Waals surface area contributed by atoms with Crippen molar-refractivity contribution in [3.05, 3.63) is 64.7 Å². The molecule has 4 aromatic heterocycles. The summed E-state index contributed by atoms with van der Waals surface area (Å²) in [5, 5.41) is 25.2. The number of anilines is 1. The van der Waals surface area contributed by atoms with E-state index in [0.29, 0.717) is 28.3 Å². The number of hydrogen-bond acceptors (Lipinski definition) is 8. The Morgan fingerprint density at radius 2 is 1.97 bits per heavy atom. The first kappa shape index (κ1) is 25.3. The van der Waals surface area contributed by atoms with Crippen molar-refractivity contribution in [1.82, 2.24) is 34.8 Å². The van der Waals surface area contributed by atoms with Crippen LogP contribution >= 0.6 is 11.3 Å². The van der Waals surface area contributed by atoms with E-state index in [0.717, 1.165) is 60.4 Å². The third kappa shape index (κ3) is 5.57. The molecule has 5 aromatic rings. The summed E-state index contributed by atoms with van der Waals surface area (Å²) in [6.45, 7) is 3.02. The smallest absolute Gasteiger partial charge is 0.367 e. The van der Waals surface area contributed by atoms with Gasteiger partial charge >= 0.3 is 6.18 Å². The first-order valence-electron chi connectivity index (χ1n) is 12.5. The number of thiophene rings is 1. The van der Waals surface area contributed by atoms with E-state index in [1.807, 2.05) is 16.7 Å². The molecule has 0 radical (unpaired) electrons. The normalized spacial score (nSPS) is 15.2. The zero-order valence-electron chi connectivity index (χ0n) is 20.7. The maximum absolute atomic E-state index is 12.8. The van der Waals surface area contributed by atoms with Gasteiger partial charge in [-0.15, -0.1) is 16.4 Å². The first-order chi connectivity index (χ1) is 18.8. The number of hydrogen-bond donors (Lipinski definition) is 2. The Balaban J connectivity index is 1.09. The van der Waals surface area contributed by atoms with Crippen LogP contribution < -0.4 is 5.32 Å². The molecule has 0 aliphatic carbocycles. The second-order valence-corrected chi connectivity index (χ2v) is 10.8. The van der Waals surface area contributed by atoms with Crippen LogP contribution in [0.2, 0.25) is 0 Å². The lowest BCUT2D eigenvalue weighted by atomic mass is 10.0. The molecule has 200 valence electrons. The minimum absolute atomic E-state index is 0.177. The van der Waals surface area contributed by atoms with Crippen LogP contribution in [-0.4, -0.2) is 60.2 Å². The Labute approximate surface area is 225 Å². The minimum atomic E-state index is -4.25. The van der Waals surface area contributed by atoms with Crippen LogP contribution in [0.15, 0.2) is 42.9 Å². The maximum atomic E-state index is 12.8. The quantitative estimate of drug-likeness (QED) is 0.297. The summed E-state index contributed by atoms with van der Waals surface area (Å²) < 4.78 is 40.5. The second-order valence-electron chi connectivity index (χ2n) is 9.73. The van der Waals surface area contributed by atoms with Crippen molar-refractivity contribution in [2.75, 3.05) is 18.4 Å². The Morgan fingerprint density at radius 1 is 1.13 bits per heavy atom. The number of H-pyrrole nitrogens is 1. The van der Waals surface area contributed by atoms with Crippen LogP contribution in [0.3, 0.4) is 0 Å². The fraction of sp³-hybridized carbons (Fsp3) is 0.346. The Bertz CT molecular complexity index is 1640. The Morgan fingerprint density at radius 3 is 2.72 bits per heavy atom. The Hall–Kier alpha value is -4.02. The summed E-state index contributed by atoms with van der Waals surface area (Å²) in [6.07, 6.45) is -0.306. The van der Waals surface area contributed by atoms with Gasteiger partial charge in [0.05, 0.1) is 18.4 Å². The molecule has 13 heteroatoms. The van der Waals surface area contributed by atoms with Crippen molar-refractivity contribution in [3.63, 3.8) is 0 Å². The molecular weight excluding hydrogens is 527 g/mol. The van der Waals surface area contributed by atoms with Gasteiger partial charge < -0.3 is 9.88 Å². The van der Waals surface area contributed by atoms with Crippen LogP contribution in [0, 0.1) is 11.3 Å². The summed E-state index contributed by atoms with van der Waals surface area (Å²) in [7, 11) is 0. The summed E-state index contributed by atoms with van der Waals surface area (Å²) in [5.41, 5.74) is 3.48. The van der Waals surface area contributed by atoms with Crippen molar-refractivity contribution in [1.29, 1.82) is 5.26 Å². The standard InChI is InChI=1S/C26H24F3N9S/c27-26(28,29)10-21-9-22-24(31-15-32-25(22)39-21)34-18-3-5-37(6-4-18)13-16-1-2-23-17(7-16)8-20(11-30)38(23)14-19-12-33-36-35-19/h1-2,7-9,12,15,18H,3-6,10,13-14H2,(H,31,32,34)(H,33,35,36). The third-order valence-electron chi connectivity index (χ3n) is 6.96. The molecule has 5 heterocycles. The fourth-order valence-electron chi connectivity index (χ4n) is 5.14. The van der Waals surface area contributed by atoms with E-state index in [9.17, 15) is 18.4 Å². The van der Waals surface area contributed by atoms with Crippen molar-refractivity contribution in [3.8, 4) is 6.07 Å². The van der Waals surface area contributed by atoms with Crippen molar-refractivity contribution < 1.29 is 13.2 Å². The summed E-state index contributed by atoms with van der Waals surface area (Å²) in [6, 6.07) is 12.2. The van der Waals surface area contributed by atoms with E-state index >= 15 is 0 Å². The van der Waals surface area contributed by atoms with E-state index in [4.69, 9.17) is 0 Å². The zero-order valence-corrected chi connectivity index (χ0v) is 21.6. The average Bonchev–Trinajstić information content (AvgIpc) is 3.64. The highest BCUT2D eigenvalue weighted by Crippen LogP contribution is 2.33. The number of nitrogens with one attached hydrogen (secondary N) is 2. The van der Waals surface area contributed by atoms with E-state index < -0.39 is 12.6 Å². The molecule has 1 fully saturated rings. The van der Waals surface area contributed by atoms with Gasteiger partial charge in [-0.1, -0.05) is 11.3 Å². The molecule has 9 nitrogen and oxygen atoms in total. The number of aromatic nitrogens is 6. The highest BCUT2D eigenvalue weighted by molar-refractivity contribution is 7.18. The number of nitriles is 1. The van der Waals surface area contributed by atoms with Crippen molar-refractivity contribution in [2.24, 2.45) is 0 Å². The number of likely N-dealkylation sites (tertiary alicyclic amines) is 1. The molecule has 39 heavy (non-hydrogen) atoms. The number of fused-ring (bicyclic) bond motifs is 2. The lowest BCUT2D eigenvalue weighted by molar-refractivity contribution is -0.126. The van der Waals surface area contributed by atoms with Gasteiger partial charge in [0.1, 0.15) is 34.4 Å². The molecule has 1 aliphatic rings. The largest absolute Gasteiger partial charge is 0.393 e. The molecule has 1 aromatic carbocycles. The number of nitrogens with zero attached hydrogens (tertiary/aromatic N) is 7. The molecule has 1 saturated heterocycles. The Kier molecular flexibility index (Phi) is 6.66. The van der Waals surface area contributed by atoms with Gasteiger partial charge in [-0.3, -0.25) is 10.00 Å². The molecular formula is C26H24F3N9S. The van der Waals surface area contributed by atoms with E-state index in [1.54, 1.807) is 12.3 Å². The van der Waals surface area contributed by atoms with E-state index in [-0.39, 0.29) is 10.9 Å². The maximum Gasteiger partial charge on any atom is 0.393 e. The molecule has 0 unspecified atom stereocenters. The molecule has 0 bridgehead atoms. The summed E-state index contributed by atoms with van der Waals surface area (Å²) in [5.74, 6) is 0.594. The minimum Gasteiger partial charge on any atom is -0.367 e. The monoisotopic (exact) mass is 551 g/mol. The third-order valence-corrected chi connectivity index (χ3v) is 8.00. The van der Waals surface area contributed by atoms with Gasteiger partial charge in [0.25, 0.3) is 0 Å². The van der Waals surface area contributed by atoms with Crippen LogP contribution in [-0.2, 0) is 19.5 Å². The number of halogens is 3. The number of rotatable bonds is 7. The predicted octanol–water partition coefficient (Wildman–Crippen LogP) is 4.87. The van der Waals surface area contributed by atoms with E-state index in [2.05, 4.69) is 53.8 Å². The zero-order chi connectivity index (χ0) is 27.0. The predicted molar refractivity (Wildman–Crippen MR) is 141 cm³/mol. The van der Waals surface area contributed by atoms with Gasteiger partial charge in [-0.25, -0.2) is 9.97 Å². The van der Waals surface area contributed by atoms with Crippen LogP contribution in [0.25, 0.3) is 21.1 Å². The van der Waals surface area contributed by atoms with Crippen molar-refractivity contribution >= 4 is 38.3 Å². The number of alkyl halides is 3. The lowest BCUT2D eigenvalue weighted by Gasteiger charge is -2.32. The number of piperidine rings is 1. The van der Waals surface area contributed by atoms with Gasteiger partial charge in [0.2, 0.25) is 0 Å². The molecule has 6 rings (SSSR count). The van der Waals surface area contributed by atoms with Gasteiger partial charge in [0, 0.05) is 47.7 Å². The van der Waals surface area contributed by atoms with Gasteiger partial charge in [-0.05, 0) is 42.7 Å². The average molecular weight is 552 g/mol. The molecule has 2 N–H and O–H groups in total. The van der Waals surface area contributed by atoms with Gasteiger partial charge in [0.15, 0.2) is 0 Å². The highest BCUT2D eigenvalue weighted by Gasteiger charge is 2.29. The van der Waals surface area contributed by atoms with Crippen LogP contribution in [0.5, 0.6) is 0 Å². The van der Waals surface area contributed by atoms with Crippen LogP contribution in [0.4, 0.5) is 19.0 Å². The molecule has 0 amide bonds. The van der Waals surface area contributed by atoms with E-state index in [1.165, 1.54) is 11.9 Å². The molecule has 0 spiro atoms. The highest BCUT2D eigenvalue weighted by atomic mass is 32.1. The molecule has 0 saturated carbocycles. The lowest BCUT2D eigenvalue weighted by Crippen LogP contribution is -2.38. The number of benzene rings is 1. The molecule has 1 aliphatic heterocycles. The summed E-state index contributed by atoms with van der Waals surface area (Å²) in [4.78, 5) is 11.7. The topological polar surface area (TPSA) is 111 Å². The first-order valence-corrected chi connectivity index (χ1v) is 13.3. The summed E-state index contributed by atoms with van der Waals surface area (Å²) >= 11 is 1.06. The SMILES string of the molecule is N#Cc1cc2cc(CN3CCC(Nc4ncnc5sc(CC(F)(F)F)cc45)CC3)ccc2n1Cc1c[nH]nn1.